The van der Waals surface area contributed by atoms with Gasteiger partial charge in [-0.05, 0) is 259 Å². The summed E-state index contributed by atoms with van der Waals surface area (Å²) in [7, 11) is 9.31. The third-order valence-electron chi connectivity index (χ3n) is 32.2. The van der Waals surface area contributed by atoms with Gasteiger partial charge in [-0.3, -0.25) is 28.8 Å². The van der Waals surface area contributed by atoms with Gasteiger partial charge in [-0.1, -0.05) is 58.7 Å². The Balaban J connectivity index is 0.000000121. The van der Waals surface area contributed by atoms with E-state index in [-0.39, 0.29) is 152 Å². The molecule has 0 N–H and O–H groups in total. The Hall–Kier alpha value is -6.24. The van der Waals surface area contributed by atoms with Crippen molar-refractivity contribution in [2.75, 3.05) is 82.3 Å². The van der Waals surface area contributed by atoms with E-state index in [0.717, 1.165) is 79.5 Å². The van der Waals surface area contributed by atoms with Gasteiger partial charge in [0, 0.05) is 53.8 Å². The molecule has 0 amide bonds. The van der Waals surface area contributed by atoms with Crippen LogP contribution in [0.4, 0.5) is 26.3 Å². The van der Waals surface area contributed by atoms with Gasteiger partial charge in [0.05, 0.1) is 112 Å². The number of hydrogen-bond donors (Lipinski definition) is 0. The second kappa shape index (κ2) is 35.6. The van der Waals surface area contributed by atoms with Crippen LogP contribution in [0, 0.1) is 35.5 Å². The number of Topliss-reactive ketones (excluding diaryl/α,β-unsaturated/α-hetero) is 2. The fourth-order valence-electron chi connectivity index (χ4n) is 22.9. The van der Waals surface area contributed by atoms with Gasteiger partial charge in [-0.2, -0.15) is 26.3 Å². The normalized spacial score (nSPS) is 44.6. The van der Waals surface area contributed by atoms with E-state index in [4.69, 9.17) is 85.3 Å². The summed E-state index contributed by atoms with van der Waals surface area (Å²) < 4.78 is 179. The van der Waals surface area contributed by atoms with Crippen molar-refractivity contribution in [2.45, 2.75) is 342 Å². The largest absolute Gasteiger partial charge is 0.412 e. The summed E-state index contributed by atoms with van der Waals surface area (Å²) in [4.78, 5) is 73.9. The van der Waals surface area contributed by atoms with Gasteiger partial charge in [0.1, 0.15) is 104 Å². The number of carbonyl (C=O) groups is 6. The topological polar surface area (TPSA) is 308 Å². The Morgan fingerprint density at radius 2 is 0.545 bits per heavy atom. The quantitative estimate of drug-likeness (QED) is 0.0492. The molecule has 0 aromatic heterocycles. The maximum atomic E-state index is 12.6. The number of epoxide rings is 12. The number of allylic oxidation sites excluding steroid dienone is 6. The molecule has 12 aliphatic heterocycles. The summed E-state index contributed by atoms with van der Waals surface area (Å²) >= 11 is 0. The Kier molecular flexibility index (Phi) is 27.0. The van der Waals surface area contributed by atoms with Crippen molar-refractivity contribution in [3.8, 4) is 0 Å². The average molecular weight is 1860 g/mol. The summed E-state index contributed by atoms with van der Waals surface area (Å²) in [5.74, 6) is -1.07. The van der Waals surface area contributed by atoms with Crippen LogP contribution in [0.15, 0.2) is 140 Å². The Bertz CT molecular complexity index is 4750. The van der Waals surface area contributed by atoms with Crippen LogP contribution in [-0.2, 0) is 114 Å². The number of halogens is 6. The minimum Gasteiger partial charge on any atom is -0.373 e. The molecular formula is C102H134F6O24. The van der Waals surface area contributed by atoms with E-state index in [2.05, 4.69) is 79.7 Å². The highest BCUT2D eigenvalue weighted by atomic mass is 19.4. The lowest BCUT2D eigenvalue weighted by atomic mass is 9.69. The number of carbonyl (C=O) groups excluding carboxylic acids is 6. The standard InChI is InChI=1S/2C17H21F3O4.2C17H22O4.2C17H24O4/c1-9-7-16(8-23-16)14(13(22-4)12(9)21)15(3)11(24-15)6-5-10(2)17(18,19)20;1-9(17(18,19)20)5-6-12-15(3,24-12)14-13(22-4)11(21)7-10(2)16(14)8-23-16;1-10-8-12(18)14(19-3)15(17(10)9-20-17)16(2)13(21-16)7-6-11-4-5-11;1-10-8-17(9-20-17)15(14(19-3)13(10)18)16(2)12(21-16)7-6-11-4-5-11;2*1-10(2)6-7-13-16(4,21-13)15-14(19-5)12(18)8-11(3)17(15)9-20-17/h5,7,11,13-14H,6,8H2,1-4H3;5,7,12-14H,6,8H2,1-4H3;6,8,13-15H,4-5,7,9H2,1-3H3;6,8,12,14-15H,4-5,7,9H2,1-3H3;2*6,8,13-15H,7,9H2,1-5H3/b10-5+;9-5+;;;;/t11-,13-,14-,15+,16+;12-,13-,14-,15+,16-;13-,14-,15-,16+,17-;12-,14-,15-,16+,17+;2*13-,14-,15-,16+,17-/m111111/s1. The van der Waals surface area contributed by atoms with Gasteiger partial charge in [-0.25, -0.2) is 0 Å². The fraction of sp³-hybridized carbons (Fsp3) is 0.706. The van der Waals surface area contributed by atoms with Crippen LogP contribution in [0.1, 0.15) is 189 Å². The average Bonchev–Trinajstić information content (AvgIpc) is 1.58. The Morgan fingerprint density at radius 1 is 0.333 bits per heavy atom. The zero-order chi connectivity index (χ0) is 96.3. The lowest BCUT2D eigenvalue weighted by Gasteiger charge is -2.36. The molecule has 12 saturated heterocycles. The van der Waals surface area contributed by atoms with E-state index >= 15 is 0 Å². The molecule has 728 valence electrons. The van der Waals surface area contributed by atoms with Crippen LogP contribution in [0.5, 0.6) is 0 Å². The number of methoxy groups -OCH3 is 6. The molecule has 14 fully saturated rings. The minimum absolute atomic E-state index is 0.0267. The summed E-state index contributed by atoms with van der Waals surface area (Å²) in [5.41, 5.74) is 4.06. The highest BCUT2D eigenvalue weighted by molar-refractivity contribution is 6.02. The van der Waals surface area contributed by atoms with Crippen molar-refractivity contribution in [1.82, 2.24) is 0 Å². The van der Waals surface area contributed by atoms with Crippen molar-refractivity contribution < 1.29 is 140 Å². The van der Waals surface area contributed by atoms with Crippen molar-refractivity contribution in [3.63, 3.8) is 0 Å². The second-order valence-electron chi connectivity index (χ2n) is 41.5. The van der Waals surface area contributed by atoms with E-state index in [1.54, 1.807) is 59.7 Å². The molecule has 0 unspecified atom stereocenters. The second-order valence-corrected chi connectivity index (χ2v) is 41.5. The van der Waals surface area contributed by atoms with Crippen LogP contribution >= 0.6 is 0 Å². The summed E-state index contributed by atoms with van der Waals surface area (Å²) in [6.07, 6.45) is 18.3. The number of alkyl halides is 6. The maximum absolute atomic E-state index is 12.6. The fourth-order valence-corrected chi connectivity index (χ4v) is 22.9. The molecule has 132 heavy (non-hydrogen) atoms. The number of ketones is 6. The molecule has 30 atom stereocenters. The van der Waals surface area contributed by atoms with Crippen LogP contribution < -0.4 is 0 Å². The van der Waals surface area contributed by atoms with Crippen molar-refractivity contribution in [3.05, 3.63) is 140 Å². The third kappa shape index (κ3) is 18.7. The van der Waals surface area contributed by atoms with E-state index < -0.39 is 94.7 Å². The number of rotatable bonds is 24. The molecule has 0 radical (unpaired) electrons. The molecule has 24 nitrogen and oxygen atoms in total. The Morgan fingerprint density at radius 3 is 0.735 bits per heavy atom. The van der Waals surface area contributed by atoms with Crippen molar-refractivity contribution in [2.24, 2.45) is 35.5 Å². The molecule has 8 aliphatic carbocycles. The first kappa shape index (κ1) is 100. The molecular weight excluding hydrogens is 1720 g/mol. The molecule has 6 spiro atoms. The first-order chi connectivity index (χ1) is 61.8. The first-order valence-electron chi connectivity index (χ1n) is 46.4. The molecule has 0 bridgehead atoms. The summed E-state index contributed by atoms with van der Waals surface area (Å²) in [6, 6.07) is 0. The van der Waals surface area contributed by atoms with Crippen molar-refractivity contribution >= 4 is 34.7 Å². The van der Waals surface area contributed by atoms with Gasteiger partial charge >= 0.3 is 12.4 Å². The minimum atomic E-state index is -4.33. The summed E-state index contributed by atoms with van der Waals surface area (Å²) in [5, 5.41) is 0. The van der Waals surface area contributed by atoms with Gasteiger partial charge in [0.2, 0.25) is 0 Å². The zero-order valence-electron chi connectivity index (χ0n) is 80.7. The van der Waals surface area contributed by atoms with E-state index in [1.165, 1.54) is 68.3 Å². The molecule has 20 rings (SSSR count). The molecule has 0 aromatic carbocycles. The predicted molar refractivity (Wildman–Crippen MR) is 471 cm³/mol. The van der Waals surface area contributed by atoms with E-state index in [1.807, 2.05) is 54.5 Å². The lowest BCUT2D eigenvalue weighted by Crippen LogP contribution is -2.52. The van der Waals surface area contributed by atoms with Crippen LogP contribution in [0.2, 0.25) is 0 Å². The molecule has 2 saturated carbocycles. The van der Waals surface area contributed by atoms with Crippen LogP contribution in [-0.4, -0.2) is 270 Å². The maximum Gasteiger partial charge on any atom is 0.412 e. The van der Waals surface area contributed by atoms with Crippen LogP contribution in [0.3, 0.4) is 0 Å². The van der Waals surface area contributed by atoms with Gasteiger partial charge in [0.15, 0.2) is 34.7 Å². The summed E-state index contributed by atoms with van der Waals surface area (Å²) in [6.45, 7) is 37.3. The molecule has 30 heteroatoms. The smallest absolute Gasteiger partial charge is 0.373 e. The highest BCUT2D eigenvalue weighted by Gasteiger charge is 2.79. The number of ether oxygens (including phenoxy) is 18. The monoisotopic (exact) mass is 1860 g/mol. The third-order valence-corrected chi connectivity index (χ3v) is 32.2. The van der Waals surface area contributed by atoms with Crippen molar-refractivity contribution in [1.29, 1.82) is 0 Å². The van der Waals surface area contributed by atoms with E-state index in [0.29, 0.717) is 45.2 Å². The predicted octanol–water partition coefficient (Wildman–Crippen LogP) is 15.2. The van der Waals surface area contributed by atoms with E-state index in [9.17, 15) is 55.1 Å². The van der Waals surface area contributed by atoms with Gasteiger partial charge < -0.3 is 85.3 Å². The highest BCUT2D eigenvalue weighted by Crippen LogP contribution is 2.66. The molecule has 20 aliphatic rings. The van der Waals surface area contributed by atoms with Gasteiger partial charge in [0.25, 0.3) is 0 Å². The van der Waals surface area contributed by atoms with Crippen LogP contribution in [0.25, 0.3) is 0 Å². The molecule has 0 aromatic rings. The zero-order valence-corrected chi connectivity index (χ0v) is 80.7. The first-order valence-corrected chi connectivity index (χ1v) is 46.4. The lowest BCUT2D eigenvalue weighted by molar-refractivity contribution is -0.133. The number of hydrogen-bond acceptors (Lipinski definition) is 24. The molecule has 12 heterocycles. The van der Waals surface area contributed by atoms with Gasteiger partial charge in [-0.15, -0.1) is 0 Å². The Labute approximate surface area is 770 Å². The SMILES string of the molecule is CO[C@@H]1C(=O)C(C)=C[C@]2(CO2)[C@H]1[C@@]1(C)O[C@@H]1C/C=C(\C)C(F)(F)F.CO[C@@H]1C(=O)C(C)=C[C@]2(CO2)[C@H]1[C@@]1(C)O[C@@H]1CC=C1CC1.CO[C@@H]1C(=O)C=C(C)[C@]2(CO2)[C@H]1[C@@]1(C)O[C@@H]1C/C=C(\C)C(F)(F)F.CO[C@@H]1C(=O)C=C(C)[C@]2(CO2)[C@H]1[C@@]1(C)O[C@@H]1CC=C(C)C.CO[C@@H]1C(=O)C=C(C)[C@]2(CO2)[C@H]1[C@@]1(C)O[C@@H]1CC=C(C)C.CO[C@@H]1C(=O)C=C(C)[C@]2(CO2)[C@H]1[C@@]1(C)O[C@@H]1CC=C1CC1.